The monoisotopic (exact) mass is 291 g/mol. The molecule has 0 aliphatic heterocycles. The number of benzene rings is 1. The summed E-state index contributed by atoms with van der Waals surface area (Å²) in [7, 11) is 0. The summed E-state index contributed by atoms with van der Waals surface area (Å²) in [4.78, 5) is 11.8. The zero-order chi connectivity index (χ0) is 14.0. The maximum Gasteiger partial charge on any atom is 0.254 e. The molecular weight excluding hydrogens is 279 g/mol. The number of hydrogen-bond acceptors (Lipinski definition) is 1. The van der Waals surface area contributed by atoms with Gasteiger partial charge in [0.1, 0.15) is 0 Å². The van der Waals surface area contributed by atoms with Crippen molar-refractivity contribution >= 4 is 17.5 Å². The van der Waals surface area contributed by atoms with Crippen LogP contribution >= 0.6 is 11.6 Å². The second kappa shape index (κ2) is 5.82. The number of nitrogens with one attached hydrogen (secondary N) is 1. The summed E-state index contributed by atoms with van der Waals surface area (Å²) in [6.45, 7) is 0. The van der Waals surface area contributed by atoms with E-state index in [-0.39, 0.29) is 11.4 Å². The van der Waals surface area contributed by atoms with Gasteiger partial charge in [0, 0.05) is 11.4 Å². The molecule has 1 saturated carbocycles. The molecule has 0 spiro atoms. The van der Waals surface area contributed by atoms with Crippen molar-refractivity contribution in [2.24, 2.45) is 0 Å². The van der Waals surface area contributed by atoms with Gasteiger partial charge in [0.05, 0.1) is 5.56 Å². The van der Waals surface area contributed by atoms with E-state index in [9.17, 15) is 18.0 Å². The number of carbonyl (C=O) groups is 1. The van der Waals surface area contributed by atoms with Crippen molar-refractivity contribution in [2.45, 2.75) is 37.1 Å². The van der Waals surface area contributed by atoms with Crippen LogP contribution in [0.2, 0.25) is 0 Å². The lowest BCUT2D eigenvalue weighted by Crippen LogP contribution is -2.38. The van der Waals surface area contributed by atoms with Gasteiger partial charge in [0.25, 0.3) is 5.91 Å². The van der Waals surface area contributed by atoms with Gasteiger partial charge in [-0.25, -0.2) is 13.2 Å². The quantitative estimate of drug-likeness (QED) is 0.657. The molecule has 0 atom stereocenters. The van der Waals surface area contributed by atoms with E-state index in [1.165, 1.54) is 0 Å². The van der Waals surface area contributed by atoms with Gasteiger partial charge < -0.3 is 5.32 Å². The third kappa shape index (κ3) is 3.21. The molecule has 1 N–H and O–H groups in total. The first kappa shape index (κ1) is 14.2. The zero-order valence-electron chi connectivity index (χ0n) is 10.1. The molecule has 6 heteroatoms. The van der Waals surface area contributed by atoms with Gasteiger partial charge in [0.15, 0.2) is 17.5 Å². The van der Waals surface area contributed by atoms with E-state index in [0.29, 0.717) is 12.8 Å². The molecule has 0 saturated heterocycles. The molecule has 104 valence electrons. The average Bonchev–Trinajstić information content (AvgIpc) is 2.39. The van der Waals surface area contributed by atoms with Crippen LogP contribution in [0, 0.1) is 17.5 Å². The Morgan fingerprint density at radius 2 is 1.74 bits per heavy atom. The van der Waals surface area contributed by atoms with Crippen molar-refractivity contribution in [3.05, 3.63) is 35.1 Å². The average molecular weight is 292 g/mol. The van der Waals surface area contributed by atoms with Crippen LogP contribution in [0.3, 0.4) is 0 Å². The first-order chi connectivity index (χ1) is 8.99. The van der Waals surface area contributed by atoms with E-state index in [1.54, 1.807) is 0 Å². The van der Waals surface area contributed by atoms with Crippen LogP contribution < -0.4 is 5.32 Å². The molecule has 0 unspecified atom stereocenters. The van der Waals surface area contributed by atoms with Crippen molar-refractivity contribution in [3.63, 3.8) is 0 Å². The Bertz CT molecular complexity index is 487. The smallest absolute Gasteiger partial charge is 0.254 e. The molecule has 0 aromatic heterocycles. The van der Waals surface area contributed by atoms with Gasteiger partial charge in [-0.2, -0.15) is 0 Å². The highest BCUT2D eigenvalue weighted by molar-refractivity contribution is 6.20. The van der Waals surface area contributed by atoms with E-state index in [4.69, 9.17) is 11.6 Å². The first-order valence-electron chi connectivity index (χ1n) is 6.07. The van der Waals surface area contributed by atoms with Gasteiger partial charge >= 0.3 is 0 Å². The minimum Gasteiger partial charge on any atom is -0.349 e. The first-order valence-corrected chi connectivity index (χ1v) is 6.51. The maximum absolute atomic E-state index is 13.4. The molecule has 2 nitrogen and oxygen atoms in total. The van der Waals surface area contributed by atoms with Gasteiger partial charge in [-0.05, 0) is 37.8 Å². The summed E-state index contributed by atoms with van der Waals surface area (Å²) in [6.07, 6.45) is 2.94. The fourth-order valence-corrected chi connectivity index (χ4v) is 2.41. The lowest BCUT2D eigenvalue weighted by molar-refractivity contribution is 0.0922. The second-order valence-electron chi connectivity index (χ2n) is 4.65. The lowest BCUT2D eigenvalue weighted by atomic mass is 9.95. The zero-order valence-corrected chi connectivity index (χ0v) is 10.8. The predicted octanol–water partition coefficient (Wildman–Crippen LogP) is 3.38. The lowest BCUT2D eigenvalue weighted by Gasteiger charge is -2.25. The van der Waals surface area contributed by atoms with E-state index in [2.05, 4.69) is 5.32 Å². The Labute approximate surface area is 113 Å². The predicted molar refractivity (Wildman–Crippen MR) is 65.7 cm³/mol. The Balaban J connectivity index is 2.06. The van der Waals surface area contributed by atoms with Crippen LogP contribution in [-0.2, 0) is 0 Å². The molecule has 1 aliphatic rings. The Kier molecular flexibility index (Phi) is 4.34. The molecule has 2 rings (SSSR count). The topological polar surface area (TPSA) is 29.1 Å². The second-order valence-corrected chi connectivity index (χ2v) is 5.26. The van der Waals surface area contributed by atoms with Crippen LogP contribution in [0.25, 0.3) is 0 Å². The van der Waals surface area contributed by atoms with Crippen LogP contribution in [0.15, 0.2) is 12.1 Å². The molecule has 1 aromatic rings. The van der Waals surface area contributed by atoms with E-state index < -0.39 is 28.9 Å². The SMILES string of the molecule is O=C(NC1CCC(Cl)CC1)c1ccc(F)c(F)c1F. The summed E-state index contributed by atoms with van der Waals surface area (Å²) in [5.41, 5.74) is -0.480. The Morgan fingerprint density at radius 3 is 2.37 bits per heavy atom. The van der Waals surface area contributed by atoms with Gasteiger partial charge in [-0.3, -0.25) is 4.79 Å². The minimum absolute atomic E-state index is 0.102. The Hall–Kier alpha value is -1.23. The number of hydrogen-bond donors (Lipinski definition) is 1. The van der Waals surface area contributed by atoms with Gasteiger partial charge in [-0.1, -0.05) is 0 Å². The molecule has 0 radical (unpaired) electrons. The summed E-state index contributed by atoms with van der Waals surface area (Å²) in [5.74, 6) is -5.12. The van der Waals surface area contributed by atoms with Crippen LogP contribution in [-0.4, -0.2) is 17.3 Å². The number of amides is 1. The standard InChI is InChI=1S/C13H13ClF3NO/c14-7-1-3-8(4-2-7)18-13(19)9-5-6-10(15)12(17)11(9)16/h5-8H,1-4H2,(H,18,19). The van der Waals surface area contributed by atoms with E-state index >= 15 is 0 Å². The molecule has 1 amide bonds. The van der Waals surface area contributed by atoms with Crippen LogP contribution in [0.4, 0.5) is 13.2 Å². The Morgan fingerprint density at radius 1 is 1.11 bits per heavy atom. The highest BCUT2D eigenvalue weighted by Gasteiger charge is 2.24. The van der Waals surface area contributed by atoms with E-state index in [0.717, 1.165) is 25.0 Å². The molecule has 1 aromatic carbocycles. The number of carbonyl (C=O) groups excluding carboxylic acids is 1. The van der Waals surface area contributed by atoms with E-state index in [1.807, 2.05) is 0 Å². The highest BCUT2D eigenvalue weighted by atomic mass is 35.5. The normalized spacial score (nSPS) is 23.2. The van der Waals surface area contributed by atoms with Crippen molar-refractivity contribution in [1.82, 2.24) is 5.32 Å². The minimum atomic E-state index is -1.63. The van der Waals surface area contributed by atoms with Gasteiger partial charge in [0.2, 0.25) is 0 Å². The molecule has 0 heterocycles. The molecule has 1 aliphatic carbocycles. The summed E-state index contributed by atoms with van der Waals surface area (Å²) < 4.78 is 39.2. The fraction of sp³-hybridized carbons (Fsp3) is 0.462. The van der Waals surface area contributed by atoms with Crippen molar-refractivity contribution in [3.8, 4) is 0 Å². The number of alkyl halides is 1. The molecular formula is C13H13ClF3NO. The molecule has 1 fully saturated rings. The number of rotatable bonds is 2. The van der Waals surface area contributed by atoms with Gasteiger partial charge in [-0.15, -0.1) is 11.6 Å². The maximum atomic E-state index is 13.4. The molecule has 19 heavy (non-hydrogen) atoms. The van der Waals surface area contributed by atoms with Crippen molar-refractivity contribution in [1.29, 1.82) is 0 Å². The largest absolute Gasteiger partial charge is 0.349 e. The summed E-state index contributed by atoms with van der Waals surface area (Å²) in [5, 5.41) is 2.72. The van der Waals surface area contributed by atoms with Crippen molar-refractivity contribution in [2.75, 3.05) is 0 Å². The highest BCUT2D eigenvalue weighted by Crippen LogP contribution is 2.23. The van der Waals surface area contributed by atoms with Crippen LogP contribution in [0.1, 0.15) is 36.0 Å². The summed E-state index contributed by atoms with van der Waals surface area (Å²) in [6, 6.07) is 1.58. The van der Waals surface area contributed by atoms with Crippen LogP contribution in [0.5, 0.6) is 0 Å². The number of halogens is 4. The van der Waals surface area contributed by atoms with Crippen molar-refractivity contribution < 1.29 is 18.0 Å². The third-order valence-corrected chi connectivity index (χ3v) is 3.71. The summed E-state index contributed by atoms with van der Waals surface area (Å²) >= 11 is 5.93. The fourth-order valence-electron chi connectivity index (χ4n) is 2.16. The third-order valence-electron chi connectivity index (χ3n) is 3.27. The molecule has 0 bridgehead atoms.